The summed E-state index contributed by atoms with van der Waals surface area (Å²) in [5, 5.41) is 2.79. The lowest BCUT2D eigenvalue weighted by Gasteiger charge is -2.10. The van der Waals surface area contributed by atoms with Gasteiger partial charge in [-0.05, 0) is 42.3 Å². The number of rotatable bonds is 5. The van der Waals surface area contributed by atoms with E-state index in [0.29, 0.717) is 23.4 Å². The molecule has 0 radical (unpaired) electrons. The molecule has 0 atom stereocenters. The van der Waals surface area contributed by atoms with Crippen LogP contribution < -0.4 is 10.0 Å². The van der Waals surface area contributed by atoms with Crippen LogP contribution in [0.1, 0.15) is 21.5 Å². The summed E-state index contributed by atoms with van der Waals surface area (Å²) in [5.74, 6) is -0.224. The van der Waals surface area contributed by atoms with Gasteiger partial charge in [0.25, 0.3) is 5.91 Å². The highest BCUT2D eigenvalue weighted by atomic mass is 32.2. The topological polar surface area (TPSA) is 88.2 Å². The lowest BCUT2D eigenvalue weighted by molar-refractivity contribution is 0.0951. The second-order valence-electron chi connectivity index (χ2n) is 4.95. The van der Waals surface area contributed by atoms with Crippen molar-refractivity contribution in [1.29, 1.82) is 0 Å². The van der Waals surface area contributed by atoms with Gasteiger partial charge in [-0.25, -0.2) is 8.42 Å². The molecule has 2 rings (SSSR count). The van der Waals surface area contributed by atoms with Crippen molar-refractivity contribution in [3.63, 3.8) is 0 Å². The first-order chi connectivity index (χ1) is 10.3. The van der Waals surface area contributed by atoms with Crippen molar-refractivity contribution in [3.8, 4) is 0 Å². The van der Waals surface area contributed by atoms with E-state index in [4.69, 9.17) is 0 Å². The molecule has 1 amide bonds. The Morgan fingerprint density at radius 2 is 2.05 bits per heavy atom. The van der Waals surface area contributed by atoms with Crippen molar-refractivity contribution < 1.29 is 13.2 Å². The van der Waals surface area contributed by atoms with Crippen LogP contribution in [0.2, 0.25) is 0 Å². The molecular formula is C15H17N3O3S. The third kappa shape index (κ3) is 4.56. The van der Waals surface area contributed by atoms with Crippen LogP contribution in [-0.2, 0) is 16.6 Å². The Labute approximate surface area is 129 Å². The third-order valence-electron chi connectivity index (χ3n) is 2.96. The highest BCUT2D eigenvalue weighted by molar-refractivity contribution is 7.92. The first kappa shape index (κ1) is 16.0. The molecule has 0 bridgehead atoms. The Balaban J connectivity index is 2.06. The molecular weight excluding hydrogens is 302 g/mol. The highest BCUT2D eigenvalue weighted by Gasteiger charge is 2.10. The zero-order valence-corrected chi connectivity index (χ0v) is 13.1. The quantitative estimate of drug-likeness (QED) is 0.878. The van der Waals surface area contributed by atoms with Gasteiger partial charge in [-0.3, -0.25) is 14.5 Å². The molecule has 1 aromatic heterocycles. The molecule has 0 saturated heterocycles. The monoisotopic (exact) mass is 319 g/mol. The fourth-order valence-corrected chi connectivity index (χ4v) is 2.53. The minimum Gasteiger partial charge on any atom is -0.348 e. The Morgan fingerprint density at radius 3 is 2.64 bits per heavy atom. The van der Waals surface area contributed by atoms with E-state index in [1.807, 2.05) is 6.07 Å². The fraction of sp³-hybridized carbons (Fsp3) is 0.200. The number of aromatic nitrogens is 1. The van der Waals surface area contributed by atoms with Crippen LogP contribution in [0.25, 0.3) is 0 Å². The number of nitrogens with zero attached hydrogens (tertiary/aromatic N) is 1. The van der Waals surface area contributed by atoms with E-state index in [1.54, 1.807) is 43.6 Å². The number of hydrogen-bond donors (Lipinski definition) is 2. The van der Waals surface area contributed by atoms with Crippen molar-refractivity contribution in [2.75, 3.05) is 11.0 Å². The number of aryl methyl sites for hydroxylation is 1. The average molecular weight is 319 g/mol. The third-order valence-corrected chi connectivity index (χ3v) is 3.55. The first-order valence-corrected chi connectivity index (χ1v) is 8.50. The summed E-state index contributed by atoms with van der Waals surface area (Å²) < 4.78 is 24.9. The maximum absolute atomic E-state index is 12.1. The molecule has 2 aromatic rings. The fourth-order valence-electron chi connectivity index (χ4n) is 1.91. The maximum atomic E-state index is 12.1. The summed E-state index contributed by atoms with van der Waals surface area (Å²) in [7, 11) is -3.34. The Bertz CT molecular complexity index is 774. The van der Waals surface area contributed by atoms with E-state index in [9.17, 15) is 13.2 Å². The van der Waals surface area contributed by atoms with Crippen molar-refractivity contribution in [1.82, 2.24) is 10.3 Å². The van der Waals surface area contributed by atoms with Gasteiger partial charge in [0.15, 0.2) is 0 Å². The highest BCUT2D eigenvalue weighted by Crippen LogP contribution is 2.17. The van der Waals surface area contributed by atoms with Gasteiger partial charge in [0.1, 0.15) is 0 Å². The standard InChI is InChI=1S/C15H17N3O3S/c1-11-8-13(5-6-14(11)18-22(2,20)21)15(19)17-10-12-4-3-7-16-9-12/h3-9,18H,10H2,1-2H3,(H,17,19). The normalized spacial score (nSPS) is 11.0. The van der Waals surface area contributed by atoms with Crippen LogP contribution in [0, 0.1) is 6.92 Å². The number of carbonyl (C=O) groups excluding carboxylic acids is 1. The summed E-state index contributed by atoms with van der Waals surface area (Å²) in [5.41, 5.74) is 2.52. The number of sulfonamides is 1. The van der Waals surface area contributed by atoms with Crippen LogP contribution in [-0.4, -0.2) is 25.6 Å². The number of pyridine rings is 1. The molecule has 22 heavy (non-hydrogen) atoms. The Hall–Kier alpha value is -2.41. The Kier molecular flexibility index (Phi) is 4.77. The second kappa shape index (κ2) is 6.57. The number of benzene rings is 1. The summed E-state index contributed by atoms with van der Waals surface area (Å²) in [6.45, 7) is 2.13. The van der Waals surface area contributed by atoms with E-state index in [1.165, 1.54) is 0 Å². The number of anilines is 1. The number of hydrogen-bond acceptors (Lipinski definition) is 4. The van der Waals surface area contributed by atoms with Gasteiger partial charge < -0.3 is 5.32 Å². The first-order valence-electron chi connectivity index (χ1n) is 6.61. The molecule has 116 valence electrons. The molecule has 0 fully saturated rings. The van der Waals surface area contributed by atoms with Gasteiger partial charge in [0.05, 0.1) is 11.9 Å². The predicted molar refractivity (Wildman–Crippen MR) is 85.1 cm³/mol. The van der Waals surface area contributed by atoms with Gasteiger partial charge in [-0.2, -0.15) is 0 Å². The Morgan fingerprint density at radius 1 is 1.27 bits per heavy atom. The molecule has 7 heteroatoms. The van der Waals surface area contributed by atoms with E-state index in [0.717, 1.165) is 11.8 Å². The largest absolute Gasteiger partial charge is 0.348 e. The lowest BCUT2D eigenvalue weighted by atomic mass is 10.1. The van der Waals surface area contributed by atoms with Crippen LogP contribution in [0.4, 0.5) is 5.69 Å². The van der Waals surface area contributed by atoms with Crippen LogP contribution in [0.5, 0.6) is 0 Å². The van der Waals surface area contributed by atoms with Crippen LogP contribution in [0.15, 0.2) is 42.7 Å². The molecule has 0 aliphatic carbocycles. The van der Waals surface area contributed by atoms with Gasteiger partial charge in [-0.15, -0.1) is 0 Å². The minimum absolute atomic E-state index is 0.224. The molecule has 1 heterocycles. The zero-order chi connectivity index (χ0) is 16.2. The predicted octanol–water partition coefficient (Wildman–Crippen LogP) is 1.69. The molecule has 1 aromatic carbocycles. The van der Waals surface area contributed by atoms with Crippen LogP contribution in [0.3, 0.4) is 0 Å². The minimum atomic E-state index is -3.34. The SMILES string of the molecule is Cc1cc(C(=O)NCc2cccnc2)ccc1NS(C)(=O)=O. The molecule has 0 unspecified atom stereocenters. The summed E-state index contributed by atoms with van der Waals surface area (Å²) in [6.07, 6.45) is 4.44. The summed E-state index contributed by atoms with van der Waals surface area (Å²) in [4.78, 5) is 16.1. The van der Waals surface area contributed by atoms with E-state index in [2.05, 4.69) is 15.0 Å². The number of amides is 1. The van der Waals surface area contributed by atoms with Gasteiger partial charge >= 0.3 is 0 Å². The molecule has 2 N–H and O–H groups in total. The summed E-state index contributed by atoms with van der Waals surface area (Å²) >= 11 is 0. The second-order valence-corrected chi connectivity index (χ2v) is 6.70. The molecule has 0 aliphatic heterocycles. The van der Waals surface area contributed by atoms with Gasteiger partial charge in [-0.1, -0.05) is 6.07 Å². The van der Waals surface area contributed by atoms with Crippen molar-refractivity contribution in [3.05, 3.63) is 59.4 Å². The van der Waals surface area contributed by atoms with Gasteiger partial charge in [0, 0.05) is 24.5 Å². The molecule has 0 saturated carbocycles. The maximum Gasteiger partial charge on any atom is 0.251 e. The van der Waals surface area contributed by atoms with Crippen molar-refractivity contribution >= 4 is 21.6 Å². The molecule has 0 aliphatic rings. The molecule has 6 nitrogen and oxygen atoms in total. The summed E-state index contributed by atoms with van der Waals surface area (Å²) in [6, 6.07) is 8.48. The van der Waals surface area contributed by atoms with E-state index < -0.39 is 10.0 Å². The number of nitrogens with one attached hydrogen (secondary N) is 2. The molecule has 0 spiro atoms. The van der Waals surface area contributed by atoms with E-state index >= 15 is 0 Å². The van der Waals surface area contributed by atoms with Crippen molar-refractivity contribution in [2.45, 2.75) is 13.5 Å². The number of carbonyl (C=O) groups is 1. The lowest BCUT2D eigenvalue weighted by Crippen LogP contribution is -2.23. The smallest absolute Gasteiger partial charge is 0.251 e. The van der Waals surface area contributed by atoms with Crippen molar-refractivity contribution in [2.24, 2.45) is 0 Å². The van der Waals surface area contributed by atoms with Gasteiger partial charge in [0.2, 0.25) is 10.0 Å². The van der Waals surface area contributed by atoms with E-state index in [-0.39, 0.29) is 5.91 Å². The van der Waals surface area contributed by atoms with Crippen LogP contribution >= 0.6 is 0 Å². The zero-order valence-electron chi connectivity index (χ0n) is 12.3. The average Bonchev–Trinajstić information content (AvgIpc) is 2.46.